The van der Waals surface area contributed by atoms with Gasteiger partial charge < -0.3 is 9.47 Å². The second kappa shape index (κ2) is 6.48. The van der Waals surface area contributed by atoms with Crippen molar-refractivity contribution >= 4 is 11.9 Å². The van der Waals surface area contributed by atoms with Crippen LogP contribution in [0.1, 0.15) is 6.42 Å². The smallest absolute Gasteiger partial charge is 0.330 e. The molecular formula is C13H14O4. The summed E-state index contributed by atoms with van der Waals surface area (Å²) in [5.41, 5.74) is 1.77. The number of rotatable bonds is 4. The van der Waals surface area contributed by atoms with Crippen molar-refractivity contribution in [3.63, 3.8) is 0 Å². The van der Waals surface area contributed by atoms with Crippen LogP contribution in [-0.4, -0.2) is 26.2 Å². The molecule has 0 atom stereocenters. The fourth-order valence-electron chi connectivity index (χ4n) is 1.33. The van der Waals surface area contributed by atoms with Crippen LogP contribution >= 0.6 is 0 Å². The first-order chi connectivity index (χ1) is 8.17. The summed E-state index contributed by atoms with van der Waals surface area (Å²) >= 11 is 0. The number of allylic oxidation sites excluding steroid dienone is 6. The molecule has 0 aromatic carbocycles. The van der Waals surface area contributed by atoms with Gasteiger partial charge in [0.2, 0.25) is 0 Å². The summed E-state index contributed by atoms with van der Waals surface area (Å²) in [5, 5.41) is 0. The molecule has 1 aliphatic rings. The lowest BCUT2D eigenvalue weighted by Gasteiger charge is -1.97. The zero-order chi connectivity index (χ0) is 12.7. The highest BCUT2D eigenvalue weighted by Gasteiger charge is 2.05. The van der Waals surface area contributed by atoms with Crippen molar-refractivity contribution in [1.82, 2.24) is 0 Å². The van der Waals surface area contributed by atoms with Crippen molar-refractivity contribution < 1.29 is 19.1 Å². The Labute approximate surface area is 99.9 Å². The Bertz CT molecular complexity index is 385. The minimum absolute atomic E-state index is 0.408. The molecule has 0 aromatic heterocycles. The number of carbonyl (C=O) groups excluding carboxylic acids is 2. The van der Waals surface area contributed by atoms with Crippen molar-refractivity contribution in [2.45, 2.75) is 6.42 Å². The Morgan fingerprint density at radius 1 is 1.00 bits per heavy atom. The van der Waals surface area contributed by atoms with Crippen LogP contribution in [0.5, 0.6) is 0 Å². The molecule has 0 amide bonds. The summed E-state index contributed by atoms with van der Waals surface area (Å²) in [4.78, 5) is 21.9. The van der Waals surface area contributed by atoms with Crippen LogP contribution in [0.25, 0.3) is 0 Å². The van der Waals surface area contributed by atoms with Crippen molar-refractivity contribution in [2.24, 2.45) is 0 Å². The van der Waals surface area contributed by atoms with E-state index in [1.54, 1.807) is 12.2 Å². The van der Waals surface area contributed by atoms with Crippen LogP contribution in [0.3, 0.4) is 0 Å². The number of hydrogen-bond acceptors (Lipinski definition) is 4. The second-order valence-corrected chi connectivity index (χ2v) is 3.27. The summed E-state index contributed by atoms with van der Waals surface area (Å²) in [6.45, 7) is 0. The largest absolute Gasteiger partial charge is 0.466 e. The van der Waals surface area contributed by atoms with Gasteiger partial charge in [0, 0.05) is 12.2 Å². The molecule has 4 heteroatoms. The molecule has 90 valence electrons. The fraction of sp³-hybridized carbons (Fsp3) is 0.231. The van der Waals surface area contributed by atoms with Crippen LogP contribution in [0.4, 0.5) is 0 Å². The van der Waals surface area contributed by atoms with Gasteiger partial charge in [0.1, 0.15) is 0 Å². The molecule has 0 saturated carbocycles. The third kappa shape index (κ3) is 4.10. The summed E-state index contributed by atoms with van der Waals surface area (Å²) in [6, 6.07) is 0. The monoisotopic (exact) mass is 234 g/mol. The van der Waals surface area contributed by atoms with E-state index in [4.69, 9.17) is 0 Å². The zero-order valence-electron chi connectivity index (χ0n) is 9.80. The van der Waals surface area contributed by atoms with Gasteiger partial charge in [0.05, 0.1) is 14.2 Å². The molecule has 1 rings (SSSR count). The molecular weight excluding hydrogens is 220 g/mol. The van der Waals surface area contributed by atoms with Crippen molar-refractivity contribution in [1.29, 1.82) is 0 Å². The Balaban J connectivity index is 2.67. The molecule has 0 heterocycles. The molecule has 0 spiro atoms. The van der Waals surface area contributed by atoms with Crippen LogP contribution in [-0.2, 0) is 19.1 Å². The molecule has 1 aliphatic carbocycles. The van der Waals surface area contributed by atoms with Gasteiger partial charge in [-0.25, -0.2) is 9.59 Å². The lowest BCUT2D eigenvalue weighted by Crippen LogP contribution is -1.95. The Kier molecular flexibility index (Phi) is 4.94. The quantitative estimate of drug-likeness (QED) is 0.548. The minimum atomic E-state index is -0.408. The molecule has 0 fully saturated rings. The van der Waals surface area contributed by atoms with Gasteiger partial charge in [-0.05, 0) is 29.7 Å². The molecule has 0 N–H and O–H groups in total. The number of esters is 2. The van der Waals surface area contributed by atoms with Gasteiger partial charge in [-0.2, -0.15) is 0 Å². The van der Waals surface area contributed by atoms with E-state index in [0.717, 1.165) is 17.6 Å². The first-order valence-corrected chi connectivity index (χ1v) is 5.10. The van der Waals surface area contributed by atoms with E-state index in [0.29, 0.717) is 0 Å². The summed E-state index contributed by atoms with van der Waals surface area (Å²) in [5.74, 6) is -0.816. The maximum absolute atomic E-state index is 10.9. The van der Waals surface area contributed by atoms with Gasteiger partial charge >= 0.3 is 11.9 Å². The van der Waals surface area contributed by atoms with Crippen LogP contribution in [0.2, 0.25) is 0 Å². The topological polar surface area (TPSA) is 52.6 Å². The Morgan fingerprint density at radius 2 is 1.41 bits per heavy atom. The average Bonchev–Trinajstić information content (AvgIpc) is 2.80. The van der Waals surface area contributed by atoms with Gasteiger partial charge in [-0.3, -0.25) is 0 Å². The fourth-order valence-corrected chi connectivity index (χ4v) is 1.33. The standard InChI is InChI=1S/C13H14O4/c1-16-12(14)8-6-10-4-3-5-11(10)7-9-13(15)17-2/h4-9H,3H2,1-2H3. The average molecular weight is 234 g/mol. The SMILES string of the molecule is COC(=O)C=CC1=CCC=C1C=CC(=O)OC. The van der Waals surface area contributed by atoms with E-state index in [-0.39, 0.29) is 0 Å². The van der Waals surface area contributed by atoms with Gasteiger partial charge in [-0.1, -0.05) is 12.2 Å². The minimum Gasteiger partial charge on any atom is -0.466 e. The zero-order valence-corrected chi connectivity index (χ0v) is 9.80. The molecule has 0 aliphatic heterocycles. The Hall–Kier alpha value is -2.10. The molecule has 0 radical (unpaired) electrons. The highest BCUT2D eigenvalue weighted by Crippen LogP contribution is 2.21. The lowest BCUT2D eigenvalue weighted by molar-refractivity contribution is -0.135. The summed E-state index contributed by atoms with van der Waals surface area (Å²) in [6.07, 6.45) is 10.7. The van der Waals surface area contributed by atoms with Crippen LogP contribution in [0, 0.1) is 0 Å². The van der Waals surface area contributed by atoms with Crippen LogP contribution in [0.15, 0.2) is 47.6 Å². The maximum atomic E-state index is 10.9. The Morgan fingerprint density at radius 3 is 1.76 bits per heavy atom. The number of carbonyl (C=O) groups is 2. The van der Waals surface area contributed by atoms with Crippen LogP contribution < -0.4 is 0 Å². The number of hydrogen-bond donors (Lipinski definition) is 0. The summed E-state index contributed by atoms with van der Waals surface area (Å²) < 4.78 is 8.99. The van der Waals surface area contributed by atoms with Crippen molar-refractivity contribution in [2.75, 3.05) is 14.2 Å². The predicted octanol–water partition coefficient (Wildman–Crippen LogP) is 1.70. The highest BCUT2D eigenvalue weighted by atomic mass is 16.5. The predicted molar refractivity (Wildman–Crippen MR) is 63.1 cm³/mol. The third-order valence-corrected chi connectivity index (χ3v) is 2.21. The van der Waals surface area contributed by atoms with Crippen molar-refractivity contribution in [3.05, 3.63) is 47.6 Å². The van der Waals surface area contributed by atoms with E-state index < -0.39 is 11.9 Å². The molecule has 17 heavy (non-hydrogen) atoms. The van der Waals surface area contributed by atoms with E-state index in [9.17, 15) is 9.59 Å². The second-order valence-electron chi connectivity index (χ2n) is 3.27. The normalized spacial score (nSPS) is 14.9. The van der Waals surface area contributed by atoms with E-state index in [2.05, 4.69) is 9.47 Å². The van der Waals surface area contributed by atoms with E-state index in [1.165, 1.54) is 26.4 Å². The van der Waals surface area contributed by atoms with E-state index in [1.807, 2.05) is 12.2 Å². The molecule has 0 saturated heterocycles. The first kappa shape index (κ1) is 13.0. The molecule has 0 aromatic rings. The summed E-state index contributed by atoms with van der Waals surface area (Å²) in [7, 11) is 2.65. The number of ether oxygens (including phenoxy) is 2. The number of methoxy groups -OCH3 is 2. The third-order valence-electron chi connectivity index (χ3n) is 2.21. The van der Waals surface area contributed by atoms with Crippen molar-refractivity contribution in [3.8, 4) is 0 Å². The molecule has 4 nitrogen and oxygen atoms in total. The first-order valence-electron chi connectivity index (χ1n) is 5.10. The van der Waals surface area contributed by atoms with Gasteiger partial charge in [-0.15, -0.1) is 0 Å². The highest BCUT2D eigenvalue weighted by molar-refractivity contribution is 5.84. The van der Waals surface area contributed by atoms with Gasteiger partial charge in [0.25, 0.3) is 0 Å². The molecule has 0 unspecified atom stereocenters. The lowest BCUT2D eigenvalue weighted by atomic mass is 10.1. The van der Waals surface area contributed by atoms with E-state index >= 15 is 0 Å². The van der Waals surface area contributed by atoms with Gasteiger partial charge in [0.15, 0.2) is 0 Å². The maximum Gasteiger partial charge on any atom is 0.330 e. The molecule has 0 bridgehead atoms.